The third kappa shape index (κ3) is 6.09. The van der Waals surface area contributed by atoms with Gasteiger partial charge in [0.25, 0.3) is 0 Å². The first kappa shape index (κ1) is 33.5. The fraction of sp³-hybridized carbons (Fsp3) is 0.364. The maximum absolute atomic E-state index is 14.6. The van der Waals surface area contributed by atoms with Crippen molar-refractivity contribution < 1.29 is 19.1 Å². The highest BCUT2D eigenvalue weighted by Crippen LogP contribution is 2.51. The van der Waals surface area contributed by atoms with E-state index in [2.05, 4.69) is 72.2 Å². The standard InChI is InChI=1S/C44H45BrO4/c1-3-5-7-9-11-13-26-48-43(46)41-37-30-21-15-18-28-19-16-22-31(35(28)30)38(37)42(44(47)49-27-14-12-10-8-6-4-2)40-33-24-25-34(45)29-20-17-23-32(36(29)33)39(40)41/h15-25H,3-14,26-27H2,1-2H3. The van der Waals surface area contributed by atoms with Crippen molar-refractivity contribution in [1.29, 1.82) is 0 Å². The van der Waals surface area contributed by atoms with Crippen LogP contribution in [0, 0.1) is 0 Å². The Morgan fingerprint density at radius 1 is 0.469 bits per heavy atom. The number of ether oxygens (including phenoxy) is 2. The molecule has 0 radical (unpaired) electrons. The molecule has 0 spiro atoms. The molecule has 0 heterocycles. The highest BCUT2D eigenvalue weighted by molar-refractivity contribution is 9.10. The van der Waals surface area contributed by atoms with Crippen molar-refractivity contribution >= 4 is 92.5 Å². The molecule has 0 atom stereocenters. The summed E-state index contributed by atoms with van der Waals surface area (Å²) in [7, 11) is 0. The molecular formula is C44H45BrO4. The van der Waals surface area contributed by atoms with Gasteiger partial charge in [0.15, 0.2) is 0 Å². The third-order valence-electron chi connectivity index (χ3n) is 10.3. The van der Waals surface area contributed by atoms with E-state index in [0.717, 1.165) is 108 Å². The molecular weight excluding hydrogens is 672 g/mol. The van der Waals surface area contributed by atoms with E-state index in [-0.39, 0.29) is 11.9 Å². The monoisotopic (exact) mass is 716 g/mol. The van der Waals surface area contributed by atoms with Crippen molar-refractivity contribution in [2.24, 2.45) is 0 Å². The van der Waals surface area contributed by atoms with Gasteiger partial charge in [-0.15, -0.1) is 0 Å². The number of hydrogen-bond donors (Lipinski definition) is 0. The quantitative estimate of drug-likeness (QED) is 0.0738. The number of unbranched alkanes of at least 4 members (excludes halogenated alkanes) is 10. The zero-order valence-electron chi connectivity index (χ0n) is 28.8. The first-order valence-electron chi connectivity index (χ1n) is 18.4. The summed E-state index contributed by atoms with van der Waals surface area (Å²) in [6.45, 7) is 5.18. The smallest absolute Gasteiger partial charge is 0.339 e. The van der Waals surface area contributed by atoms with Crippen molar-refractivity contribution in [2.75, 3.05) is 13.2 Å². The molecule has 0 saturated carbocycles. The fourth-order valence-electron chi connectivity index (χ4n) is 8.02. The number of esters is 2. The Kier molecular flexibility index (Phi) is 10.2. The van der Waals surface area contributed by atoms with Crippen molar-refractivity contribution in [3.05, 3.63) is 82.3 Å². The lowest BCUT2D eigenvalue weighted by molar-refractivity contribution is 0.0490. The van der Waals surface area contributed by atoms with Gasteiger partial charge in [0, 0.05) is 26.0 Å². The molecule has 0 amide bonds. The summed E-state index contributed by atoms with van der Waals surface area (Å²) in [5, 5.41) is 11.2. The van der Waals surface area contributed by atoms with Crippen LogP contribution < -0.4 is 0 Å². The van der Waals surface area contributed by atoms with Gasteiger partial charge in [-0.3, -0.25) is 0 Å². The number of carbonyl (C=O) groups is 2. The SMILES string of the molecule is CCCCCCCCOC(=O)c1c2c3cccc4cccc(c2c(C(=O)OCCCCCCCC)c2c5ccc(Br)c6cccc(c12)c65)c43. The number of rotatable bonds is 16. The van der Waals surface area contributed by atoms with E-state index in [0.29, 0.717) is 24.3 Å². The number of benzene rings is 5. The normalized spacial score (nSPS) is 12.1. The van der Waals surface area contributed by atoms with Crippen LogP contribution in [0.1, 0.15) is 112 Å². The lowest BCUT2D eigenvalue weighted by Gasteiger charge is -2.14. The molecule has 0 aromatic heterocycles. The van der Waals surface area contributed by atoms with E-state index in [9.17, 15) is 9.59 Å². The van der Waals surface area contributed by atoms with Gasteiger partial charge in [0.05, 0.1) is 24.3 Å². The van der Waals surface area contributed by atoms with Crippen LogP contribution in [0.25, 0.3) is 64.6 Å². The molecule has 0 fully saturated rings. The second-order valence-electron chi connectivity index (χ2n) is 13.6. The molecule has 0 aliphatic rings. The molecule has 0 bridgehead atoms. The molecule has 0 unspecified atom stereocenters. The molecule has 4 nitrogen and oxygen atoms in total. The first-order chi connectivity index (χ1) is 24.1. The van der Waals surface area contributed by atoms with Gasteiger partial charge in [-0.1, -0.05) is 155 Å². The third-order valence-corrected chi connectivity index (χ3v) is 11.0. The van der Waals surface area contributed by atoms with Crippen LogP contribution >= 0.6 is 15.9 Å². The summed E-state index contributed by atoms with van der Waals surface area (Å²) in [6.07, 6.45) is 13.3. The second kappa shape index (κ2) is 14.9. The summed E-state index contributed by atoms with van der Waals surface area (Å²) in [4.78, 5) is 29.1. The fourth-order valence-corrected chi connectivity index (χ4v) is 8.48. The van der Waals surface area contributed by atoms with Gasteiger partial charge < -0.3 is 9.47 Å². The Morgan fingerprint density at radius 3 is 1.39 bits per heavy atom. The van der Waals surface area contributed by atoms with E-state index in [1.807, 2.05) is 24.3 Å². The summed E-state index contributed by atoms with van der Waals surface area (Å²) in [5.41, 5.74) is 1.10. The van der Waals surface area contributed by atoms with Crippen LogP contribution in [0.15, 0.2) is 71.2 Å². The predicted octanol–water partition coefficient (Wildman–Crippen LogP) is 13.3. The number of hydrogen-bond acceptors (Lipinski definition) is 4. The van der Waals surface area contributed by atoms with E-state index in [1.54, 1.807) is 0 Å². The number of carbonyl (C=O) groups excluding carboxylic acids is 2. The lowest BCUT2D eigenvalue weighted by atomic mass is 9.93. The molecule has 7 aromatic carbocycles. The second-order valence-corrected chi connectivity index (χ2v) is 14.4. The topological polar surface area (TPSA) is 52.6 Å². The average Bonchev–Trinajstić information content (AvgIpc) is 3.63. The summed E-state index contributed by atoms with van der Waals surface area (Å²) >= 11 is 3.77. The van der Waals surface area contributed by atoms with E-state index in [1.165, 1.54) is 38.5 Å². The zero-order chi connectivity index (χ0) is 33.9. The van der Waals surface area contributed by atoms with Gasteiger partial charge in [-0.2, -0.15) is 0 Å². The summed E-state index contributed by atoms with van der Waals surface area (Å²) < 4.78 is 13.3. The lowest BCUT2D eigenvalue weighted by Crippen LogP contribution is -2.11. The molecule has 0 aliphatic carbocycles. The molecule has 49 heavy (non-hydrogen) atoms. The minimum Gasteiger partial charge on any atom is -0.462 e. The van der Waals surface area contributed by atoms with Crippen molar-refractivity contribution in [3.8, 4) is 0 Å². The molecule has 5 heteroatoms. The van der Waals surface area contributed by atoms with Gasteiger partial charge in [0.2, 0.25) is 0 Å². The van der Waals surface area contributed by atoms with E-state index in [4.69, 9.17) is 9.47 Å². The van der Waals surface area contributed by atoms with Crippen LogP contribution in [0.5, 0.6) is 0 Å². The minimum absolute atomic E-state index is 0.332. The highest BCUT2D eigenvalue weighted by Gasteiger charge is 2.32. The van der Waals surface area contributed by atoms with Crippen molar-refractivity contribution in [1.82, 2.24) is 0 Å². The number of halogens is 1. The summed E-state index contributed by atoms with van der Waals surface area (Å²) in [6, 6.07) is 22.8. The largest absolute Gasteiger partial charge is 0.462 e. The predicted molar refractivity (Wildman–Crippen MR) is 209 cm³/mol. The Balaban J connectivity index is 1.45. The molecule has 252 valence electrons. The molecule has 7 aromatic rings. The van der Waals surface area contributed by atoms with Crippen LogP contribution in [0.3, 0.4) is 0 Å². The van der Waals surface area contributed by atoms with Crippen molar-refractivity contribution in [2.45, 2.75) is 90.9 Å². The Labute approximate surface area is 296 Å². The summed E-state index contributed by atoms with van der Waals surface area (Å²) in [5.74, 6) is -0.663. The first-order valence-corrected chi connectivity index (χ1v) is 19.2. The number of fused-ring (bicyclic) bond motifs is 6. The van der Waals surface area contributed by atoms with Gasteiger partial charge in [-0.05, 0) is 62.0 Å². The average molecular weight is 718 g/mol. The highest BCUT2D eigenvalue weighted by atomic mass is 79.9. The zero-order valence-corrected chi connectivity index (χ0v) is 30.3. The van der Waals surface area contributed by atoms with E-state index < -0.39 is 0 Å². The molecule has 0 saturated heterocycles. The van der Waals surface area contributed by atoms with Crippen molar-refractivity contribution in [3.63, 3.8) is 0 Å². The maximum atomic E-state index is 14.6. The van der Waals surface area contributed by atoms with Crippen LogP contribution in [0.2, 0.25) is 0 Å². The Hall–Kier alpha value is -3.96. The van der Waals surface area contributed by atoms with Gasteiger partial charge in [-0.25, -0.2) is 9.59 Å². The van der Waals surface area contributed by atoms with Crippen LogP contribution in [0.4, 0.5) is 0 Å². The van der Waals surface area contributed by atoms with E-state index >= 15 is 0 Å². The van der Waals surface area contributed by atoms with Crippen LogP contribution in [-0.2, 0) is 9.47 Å². The molecule has 0 N–H and O–H groups in total. The molecule has 7 rings (SSSR count). The molecule has 0 aliphatic heterocycles. The van der Waals surface area contributed by atoms with Crippen LogP contribution in [-0.4, -0.2) is 25.2 Å². The maximum Gasteiger partial charge on any atom is 0.339 e. The Bertz CT molecular complexity index is 2150. The van der Waals surface area contributed by atoms with Gasteiger partial charge >= 0.3 is 11.9 Å². The van der Waals surface area contributed by atoms with Gasteiger partial charge in [0.1, 0.15) is 0 Å². The minimum atomic E-state index is -0.332. The Morgan fingerprint density at radius 2 is 0.878 bits per heavy atom.